The second-order valence-corrected chi connectivity index (χ2v) is 7.58. The van der Waals surface area contributed by atoms with Gasteiger partial charge in [0.1, 0.15) is 0 Å². The van der Waals surface area contributed by atoms with Gasteiger partial charge in [0.05, 0.1) is 0 Å². The van der Waals surface area contributed by atoms with Crippen molar-refractivity contribution in [3.63, 3.8) is 0 Å². The van der Waals surface area contributed by atoms with Crippen molar-refractivity contribution in [3.05, 3.63) is 0 Å². The van der Waals surface area contributed by atoms with E-state index in [4.69, 9.17) is 0 Å². The van der Waals surface area contributed by atoms with Crippen LogP contribution in [0.5, 0.6) is 0 Å². The second-order valence-electron chi connectivity index (χ2n) is 7.58. The van der Waals surface area contributed by atoms with Crippen molar-refractivity contribution in [2.75, 3.05) is 6.54 Å². The molecule has 0 aromatic rings. The number of carbonyl (C=O) groups is 1. The first kappa shape index (κ1) is 14.4. The number of fused-ring (bicyclic) bond motifs is 2. The molecule has 6 atom stereocenters. The molecule has 3 aliphatic rings. The Labute approximate surface area is 123 Å². The van der Waals surface area contributed by atoms with Crippen LogP contribution in [0.1, 0.15) is 58.8 Å². The van der Waals surface area contributed by atoms with Gasteiger partial charge < -0.3 is 10.6 Å². The first-order valence-corrected chi connectivity index (χ1v) is 8.66. The lowest BCUT2D eigenvalue weighted by molar-refractivity contribution is -0.123. The summed E-state index contributed by atoms with van der Waals surface area (Å²) in [6.07, 6.45) is 8.78. The second kappa shape index (κ2) is 6.05. The van der Waals surface area contributed by atoms with Crippen molar-refractivity contribution >= 4 is 5.91 Å². The molecule has 3 fully saturated rings. The topological polar surface area (TPSA) is 41.1 Å². The van der Waals surface area contributed by atoms with Crippen molar-refractivity contribution in [2.24, 2.45) is 23.7 Å². The average molecular weight is 278 g/mol. The highest BCUT2D eigenvalue weighted by Crippen LogP contribution is 2.49. The zero-order valence-electron chi connectivity index (χ0n) is 13.0. The van der Waals surface area contributed by atoms with Gasteiger partial charge in [-0.15, -0.1) is 0 Å². The number of piperidine rings is 1. The van der Waals surface area contributed by atoms with E-state index >= 15 is 0 Å². The summed E-state index contributed by atoms with van der Waals surface area (Å²) in [5.41, 5.74) is 0. The van der Waals surface area contributed by atoms with Gasteiger partial charge in [-0.2, -0.15) is 0 Å². The van der Waals surface area contributed by atoms with E-state index in [1.165, 1.54) is 38.5 Å². The fourth-order valence-corrected chi connectivity index (χ4v) is 4.91. The van der Waals surface area contributed by atoms with E-state index in [2.05, 4.69) is 24.5 Å². The molecule has 1 saturated heterocycles. The van der Waals surface area contributed by atoms with Gasteiger partial charge >= 0.3 is 0 Å². The molecular weight excluding hydrogens is 248 g/mol. The summed E-state index contributed by atoms with van der Waals surface area (Å²) >= 11 is 0. The lowest BCUT2D eigenvalue weighted by atomic mass is 9.83. The van der Waals surface area contributed by atoms with Gasteiger partial charge in [-0.3, -0.25) is 4.79 Å². The van der Waals surface area contributed by atoms with Crippen LogP contribution >= 0.6 is 0 Å². The molecule has 0 aromatic carbocycles. The molecule has 3 rings (SSSR count). The van der Waals surface area contributed by atoms with Crippen LogP contribution in [-0.4, -0.2) is 24.5 Å². The lowest BCUT2D eigenvalue weighted by Crippen LogP contribution is -2.46. The van der Waals surface area contributed by atoms with Crippen LogP contribution in [0.15, 0.2) is 0 Å². The Bertz CT molecular complexity index is 357. The molecule has 0 aromatic heterocycles. The van der Waals surface area contributed by atoms with Gasteiger partial charge in [0.2, 0.25) is 5.91 Å². The maximum Gasteiger partial charge on any atom is 0.221 e. The first-order chi connectivity index (χ1) is 9.63. The van der Waals surface area contributed by atoms with Crippen LogP contribution in [0.3, 0.4) is 0 Å². The Morgan fingerprint density at radius 1 is 1.30 bits per heavy atom. The summed E-state index contributed by atoms with van der Waals surface area (Å²) in [6, 6.07) is 0.757. The third kappa shape index (κ3) is 3.03. The van der Waals surface area contributed by atoms with E-state index in [0.29, 0.717) is 24.4 Å². The highest BCUT2D eigenvalue weighted by atomic mass is 16.1. The molecule has 3 heteroatoms. The van der Waals surface area contributed by atoms with E-state index in [9.17, 15) is 4.79 Å². The Morgan fingerprint density at radius 2 is 2.15 bits per heavy atom. The number of hydrogen-bond donors (Lipinski definition) is 2. The molecule has 6 unspecified atom stereocenters. The molecule has 1 amide bonds. The fraction of sp³-hybridized carbons (Fsp3) is 0.941. The van der Waals surface area contributed by atoms with Gasteiger partial charge in [-0.25, -0.2) is 0 Å². The van der Waals surface area contributed by atoms with E-state index in [1.54, 1.807) is 0 Å². The van der Waals surface area contributed by atoms with Crippen molar-refractivity contribution in [3.8, 4) is 0 Å². The Hall–Kier alpha value is -0.570. The van der Waals surface area contributed by atoms with Crippen molar-refractivity contribution in [2.45, 2.75) is 70.9 Å². The molecule has 2 aliphatic carbocycles. The van der Waals surface area contributed by atoms with Crippen molar-refractivity contribution in [1.82, 2.24) is 10.6 Å². The summed E-state index contributed by atoms with van der Waals surface area (Å²) in [6.45, 7) is 5.56. The molecular formula is C17H30N2O. The first-order valence-electron chi connectivity index (χ1n) is 8.66. The van der Waals surface area contributed by atoms with Gasteiger partial charge in [0.15, 0.2) is 0 Å². The van der Waals surface area contributed by atoms with Gasteiger partial charge in [-0.1, -0.05) is 13.3 Å². The third-order valence-electron chi connectivity index (χ3n) is 6.16. The van der Waals surface area contributed by atoms with Crippen LogP contribution in [0.2, 0.25) is 0 Å². The largest absolute Gasteiger partial charge is 0.353 e. The van der Waals surface area contributed by atoms with E-state index < -0.39 is 0 Å². The molecule has 1 heterocycles. The standard InChI is InChI=1S/C17H30N2O/c1-11-4-3-7-18-16(11)10-17(20)19-12(2)15-9-13-5-6-14(15)8-13/h11-16,18H,3-10H2,1-2H3,(H,19,20). The van der Waals surface area contributed by atoms with E-state index in [-0.39, 0.29) is 5.91 Å². The lowest BCUT2D eigenvalue weighted by Gasteiger charge is -2.32. The van der Waals surface area contributed by atoms with Crippen molar-refractivity contribution in [1.29, 1.82) is 0 Å². The monoisotopic (exact) mass is 278 g/mol. The zero-order valence-corrected chi connectivity index (χ0v) is 13.0. The van der Waals surface area contributed by atoms with Crippen LogP contribution in [0.4, 0.5) is 0 Å². The van der Waals surface area contributed by atoms with E-state index in [1.807, 2.05) is 0 Å². The van der Waals surface area contributed by atoms with Gasteiger partial charge in [-0.05, 0) is 69.2 Å². The highest BCUT2D eigenvalue weighted by molar-refractivity contribution is 5.77. The zero-order chi connectivity index (χ0) is 14.1. The summed E-state index contributed by atoms with van der Waals surface area (Å²) in [4.78, 5) is 12.3. The SMILES string of the molecule is CC1CCCNC1CC(=O)NC(C)C1CC2CCC1C2. The molecule has 2 bridgehead atoms. The number of rotatable bonds is 4. The summed E-state index contributed by atoms with van der Waals surface area (Å²) < 4.78 is 0. The van der Waals surface area contributed by atoms with E-state index in [0.717, 1.165) is 24.3 Å². The molecule has 0 radical (unpaired) electrons. The molecule has 3 nitrogen and oxygen atoms in total. The molecule has 2 N–H and O–H groups in total. The maximum absolute atomic E-state index is 12.3. The van der Waals surface area contributed by atoms with Gasteiger partial charge in [0, 0.05) is 18.5 Å². The molecule has 20 heavy (non-hydrogen) atoms. The number of carbonyl (C=O) groups excluding carboxylic acids is 1. The molecule has 0 spiro atoms. The predicted molar refractivity (Wildman–Crippen MR) is 81.3 cm³/mol. The minimum absolute atomic E-state index is 0.256. The fourth-order valence-electron chi connectivity index (χ4n) is 4.91. The van der Waals surface area contributed by atoms with Crippen molar-refractivity contribution < 1.29 is 4.79 Å². The number of amides is 1. The molecule has 114 valence electrons. The van der Waals surface area contributed by atoms with Crippen LogP contribution in [-0.2, 0) is 4.79 Å². The minimum atomic E-state index is 0.256. The Kier molecular flexibility index (Phi) is 4.34. The average Bonchev–Trinajstić information content (AvgIpc) is 3.03. The normalized spacial score (nSPS) is 41.6. The van der Waals surface area contributed by atoms with Crippen LogP contribution in [0, 0.1) is 23.7 Å². The molecule has 1 aliphatic heterocycles. The Balaban J connectivity index is 1.46. The predicted octanol–water partition coefficient (Wildman–Crippen LogP) is 2.71. The quantitative estimate of drug-likeness (QED) is 0.830. The van der Waals surface area contributed by atoms with Gasteiger partial charge in [0.25, 0.3) is 0 Å². The third-order valence-corrected chi connectivity index (χ3v) is 6.16. The minimum Gasteiger partial charge on any atom is -0.353 e. The number of nitrogens with one attached hydrogen (secondary N) is 2. The highest BCUT2D eigenvalue weighted by Gasteiger charge is 2.42. The molecule has 2 saturated carbocycles. The Morgan fingerprint density at radius 3 is 2.80 bits per heavy atom. The summed E-state index contributed by atoms with van der Waals surface area (Å²) in [5, 5.41) is 6.80. The summed E-state index contributed by atoms with van der Waals surface area (Å²) in [7, 11) is 0. The number of hydrogen-bond acceptors (Lipinski definition) is 2. The van der Waals surface area contributed by atoms with Crippen LogP contribution < -0.4 is 10.6 Å². The summed E-state index contributed by atoms with van der Waals surface area (Å²) in [5.74, 6) is 3.49. The maximum atomic E-state index is 12.3. The smallest absolute Gasteiger partial charge is 0.221 e. The van der Waals surface area contributed by atoms with Crippen LogP contribution in [0.25, 0.3) is 0 Å².